The number of fused-ring (bicyclic) bond motifs is 1. The van der Waals surface area contributed by atoms with E-state index in [4.69, 9.17) is 4.98 Å². The van der Waals surface area contributed by atoms with Gasteiger partial charge in [-0.25, -0.2) is 9.50 Å². The Kier molecular flexibility index (Phi) is 6.80. The fraction of sp³-hybridized carbons (Fsp3) is 0.267. The molecular weight excluding hydrogens is 488 g/mol. The van der Waals surface area contributed by atoms with Crippen LogP contribution in [0.4, 0.5) is 5.82 Å². The zero-order valence-corrected chi connectivity index (χ0v) is 21.9. The van der Waals surface area contributed by atoms with E-state index in [9.17, 15) is 10.4 Å². The molecular formula is C30H30N8O. The van der Waals surface area contributed by atoms with Crippen molar-refractivity contribution < 1.29 is 5.11 Å². The number of rotatable bonds is 7. The Bertz CT molecular complexity index is 1610. The van der Waals surface area contributed by atoms with E-state index in [1.165, 1.54) is 0 Å². The number of pyridine rings is 2. The van der Waals surface area contributed by atoms with Gasteiger partial charge in [0.05, 0.1) is 29.6 Å². The van der Waals surface area contributed by atoms with E-state index in [2.05, 4.69) is 50.3 Å². The molecule has 0 radical (unpaired) electrons. The van der Waals surface area contributed by atoms with Crippen molar-refractivity contribution in [3.05, 3.63) is 90.6 Å². The second kappa shape index (κ2) is 10.7. The van der Waals surface area contributed by atoms with Crippen molar-refractivity contribution in [3.63, 3.8) is 0 Å². The topological polar surface area (TPSA) is 98.5 Å². The molecule has 196 valence electrons. The molecule has 6 rings (SSSR count). The van der Waals surface area contributed by atoms with Crippen molar-refractivity contribution in [2.75, 3.05) is 37.6 Å². The monoisotopic (exact) mass is 518 g/mol. The number of hydrogen-bond acceptors (Lipinski definition) is 7. The Labute approximate surface area is 227 Å². The highest BCUT2D eigenvalue weighted by Gasteiger charge is 2.21. The van der Waals surface area contributed by atoms with Gasteiger partial charge in [0, 0.05) is 80.6 Å². The molecule has 1 N–H and O–H groups in total. The molecule has 0 aliphatic carbocycles. The first-order valence-electron chi connectivity index (χ1n) is 13.1. The Hall–Kier alpha value is -4.52. The van der Waals surface area contributed by atoms with Gasteiger partial charge in [-0.15, -0.1) is 0 Å². The first-order chi connectivity index (χ1) is 19.1. The number of piperazine rings is 1. The predicted octanol–water partition coefficient (Wildman–Crippen LogP) is 3.39. The molecule has 1 fully saturated rings. The van der Waals surface area contributed by atoms with Gasteiger partial charge in [0.2, 0.25) is 0 Å². The van der Waals surface area contributed by atoms with Gasteiger partial charge in [-0.2, -0.15) is 15.5 Å². The SMILES string of the molecule is Cn1cc(-c2cc(-c3ccc(N4CCN(CC(O)Cc5ccccc5)CC4)nc3)c3c(C#N)cnn3c2)cn1. The van der Waals surface area contributed by atoms with Gasteiger partial charge in [-0.05, 0) is 30.2 Å². The largest absolute Gasteiger partial charge is 0.391 e. The number of aryl methyl sites for hydroxylation is 1. The maximum Gasteiger partial charge on any atom is 0.128 e. The predicted molar refractivity (Wildman–Crippen MR) is 150 cm³/mol. The van der Waals surface area contributed by atoms with Crippen molar-refractivity contribution in [1.82, 2.24) is 29.3 Å². The lowest BCUT2D eigenvalue weighted by molar-refractivity contribution is 0.109. The van der Waals surface area contributed by atoms with Gasteiger partial charge >= 0.3 is 0 Å². The van der Waals surface area contributed by atoms with Crippen LogP contribution in [-0.4, -0.2) is 73.2 Å². The van der Waals surface area contributed by atoms with Gasteiger partial charge < -0.3 is 10.0 Å². The smallest absolute Gasteiger partial charge is 0.128 e. The molecule has 1 atom stereocenters. The standard InChI is InChI=1S/C30H30N8O/c1-35-19-26(18-33-35)24-14-28(30-25(15-31)17-34-38(30)20-24)23-7-8-29(32-16-23)37-11-9-36(10-12-37)21-27(39)13-22-5-3-2-4-6-22/h2-8,14,16-20,27,39H,9-13,21H2,1H3. The maximum atomic E-state index is 10.6. The van der Waals surface area contributed by atoms with Gasteiger partial charge in [0.25, 0.3) is 0 Å². The quantitative estimate of drug-likeness (QED) is 0.353. The average Bonchev–Trinajstić information content (AvgIpc) is 3.59. The Morgan fingerprint density at radius 3 is 2.44 bits per heavy atom. The molecule has 5 heterocycles. The lowest BCUT2D eigenvalue weighted by atomic mass is 10.0. The minimum absolute atomic E-state index is 0.377. The van der Waals surface area contributed by atoms with Crippen molar-refractivity contribution in [2.24, 2.45) is 7.05 Å². The van der Waals surface area contributed by atoms with Gasteiger partial charge in [-0.3, -0.25) is 9.58 Å². The van der Waals surface area contributed by atoms with E-state index >= 15 is 0 Å². The Balaban J connectivity index is 1.17. The normalized spacial score (nSPS) is 14.9. The summed E-state index contributed by atoms with van der Waals surface area (Å²) in [5, 5.41) is 29.0. The third-order valence-electron chi connectivity index (χ3n) is 7.31. The van der Waals surface area contributed by atoms with E-state index in [0.717, 1.165) is 65.3 Å². The van der Waals surface area contributed by atoms with Crippen LogP contribution in [0.2, 0.25) is 0 Å². The van der Waals surface area contributed by atoms with E-state index in [1.54, 1.807) is 15.4 Å². The Morgan fingerprint density at radius 1 is 0.923 bits per heavy atom. The van der Waals surface area contributed by atoms with Crippen LogP contribution >= 0.6 is 0 Å². The lowest BCUT2D eigenvalue weighted by Gasteiger charge is -2.36. The minimum Gasteiger partial charge on any atom is -0.391 e. The molecule has 0 amide bonds. The molecule has 1 unspecified atom stereocenters. The summed E-state index contributed by atoms with van der Waals surface area (Å²) in [7, 11) is 1.89. The number of β-amino-alcohol motifs (C(OH)–C–C–N with tert-alkyl or cyclic N) is 1. The highest BCUT2D eigenvalue weighted by atomic mass is 16.3. The summed E-state index contributed by atoms with van der Waals surface area (Å²) in [6, 6.07) is 18.6. The summed E-state index contributed by atoms with van der Waals surface area (Å²) in [5.41, 5.74) is 6.23. The molecule has 9 nitrogen and oxygen atoms in total. The van der Waals surface area contributed by atoms with Crippen molar-refractivity contribution in [3.8, 4) is 28.3 Å². The molecule has 1 aliphatic heterocycles. The number of hydrogen-bond donors (Lipinski definition) is 1. The van der Waals surface area contributed by atoms with E-state index in [0.29, 0.717) is 18.5 Å². The molecule has 9 heteroatoms. The molecule has 5 aromatic rings. The molecule has 39 heavy (non-hydrogen) atoms. The lowest BCUT2D eigenvalue weighted by Crippen LogP contribution is -2.49. The third kappa shape index (κ3) is 5.25. The van der Waals surface area contributed by atoms with E-state index in [-0.39, 0.29) is 6.10 Å². The molecule has 1 aliphatic rings. The number of aromatic nitrogens is 5. The molecule has 0 spiro atoms. The zero-order chi connectivity index (χ0) is 26.8. The summed E-state index contributed by atoms with van der Waals surface area (Å²) >= 11 is 0. The van der Waals surface area contributed by atoms with Crippen LogP contribution in [0.1, 0.15) is 11.1 Å². The molecule has 0 saturated carbocycles. The van der Waals surface area contributed by atoms with Crippen LogP contribution in [0.15, 0.2) is 79.5 Å². The summed E-state index contributed by atoms with van der Waals surface area (Å²) in [6.07, 6.45) is 9.48. The molecule has 1 saturated heterocycles. The fourth-order valence-electron chi connectivity index (χ4n) is 5.29. The first-order valence-corrected chi connectivity index (χ1v) is 13.1. The second-order valence-corrected chi connectivity index (χ2v) is 10.0. The third-order valence-corrected chi connectivity index (χ3v) is 7.31. The number of benzene rings is 1. The Morgan fingerprint density at radius 2 is 1.74 bits per heavy atom. The minimum atomic E-state index is -0.377. The summed E-state index contributed by atoms with van der Waals surface area (Å²) in [5.74, 6) is 0.927. The van der Waals surface area contributed by atoms with E-state index < -0.39 is 0 Å². The van der Waals surface area contributed by atoms with Gasteiger partial charge in [0.1, 0.15) is 11.9 Å². The molecule has 0 bridgehead atoms. The van der Waals surface area contributed by atoms with Crippen molar-refractivity contribution in [2.45, 2.75) is 12.5 Å². The van der Waals surface area contributed by atoms with Crippen molar-refractivity contribution >= 4 is 11.3 Å². The summed E-state index contributed by atoms with van der Waals surface area (Å²) in [6.45, 7) is 4.14. The van der Waals surface area contributed by atoms with Crippen LogP contribution in [0, 0.1) is 11.3 Å². The number of aliphatic hydroxyl groups is 1. The number of aliphatic hydroxyl groups excluding tert-OH is 1. The van der Waals surface area contributed by atoms with Crippen molar-refractivity contribution in [1.29, 1.82) is 5.26 Å². The number of nitriles is 1. The van der Waals surface area contributed by atoms with Crippen LogP contribution in [0.25, 0.3) is 27.8 Å². The second-order valence-electron chi connectivity index (χ2n) is 10.0. The summed E-state index contributed by atoms with van der Waals surface area (Å²) in [4.78, 5) is 9.41. The van der Waals surface area contributed by atoms with Gasteiger partial charge in [-0.1, -0.05) is 30.3 Å². The highest BCUT2D eigenvalue weighted by molar-refractivity contribution is 5.87. The number of nitrogens with zero attached hydrogens (tertiary/aromatic N) is 8. The summed E-state index contributed by atoms with van der Waals surface area (Å²) < 4.78 is 3.53. The van der Waals surface area contributed by atoms with Crippen LogP contribution in [0.5, 0.6) is 0 Å². The van der Waals surface area contributed by atoms with Gasteiger partial charge in [0.15, 0.2) is 0 Å². The fourth-order valence-corrected chi connectivity index (χ4v) is 5.29. The van der Waals surface area contributed by atoms with E-state index in [1.807, 2.05) is 56.1 Å². The van der Waals surface area contributed by atoms with Crippen LogP contribution < -0.4 is 4.90 Å². The van der Waals surface area contributed by atoms with Crippen LogP contribution in [0.3, 0.4) is 0 Å². The molecule has 4 aromatic heterocycles. The average molecular weight is 519 g/mol. The molecule has 1 aromatic carbocycles. The maximum absolute atomic E-state index is 10.6. The number of anilines is 1. The highest BCUT2D eigenvalue weighted by Crippen LogP contribution is 2.32. The first kappa shape index (κ1) is 24.8. The zero-order valence-electron chi connectivity index (χ0n) is 21.9. The van der Waals surface area contributed by atoms with Crippen LogP contribution in [-0.2, 0) is 13.5 Å².